The zero-order valence-electron chi connectivity index (χ0n) is 11.1. The van der Waals surface area contributed by atoms with Gasteiger partial charge in [-0.15, -0.1) is 0 Å². The van der Waals surface area contributed by atoms with E-state index in [-0.39, 0.29) is 5.84 Å². The van der Waals surface area contributed by atoms with Crippen molar-refractivity contribution in [1.82, 2.24) is 9.97 Å². The molecule has 0 fully saturated rings. The third-order valence-corrected chi connectivity index (χ3v) is 3.34. The molecule has 6 nitrogen and oxygen atoms in total. The molecule has 0 unspecified atom stereocenters. The first-order chi connectivity index (χ1) is 9.67. The third-order valence-electron chi connectivity index (χ3n) is 3.34. The predicted molar refractivity (Wildman–Crippen MR) is 75.6 cm³/mol. The van der Waals surface area contributed by atoms with E-state index in [0.29, 0.717) is 11.6 Å². The molecule has 6 heteroatoms. The number of oxime groups is 1. The second kappa shape index (κ2) is 4.80. The Balaban J connectivity index is 1.95. The van der Waals surface area contributed by atoms with Crippen LogP contribution in [0.2, 0.25) is 0 Å². The highest BCUT2D eigenvalue weighted by Gasteiger charge is 2.21. The SMILES string of the molecule is Cc1cc(/C(N)=N/O)nc(N2Cc3ccccc3C2)n1. The van der Waals surface area contributed by atoms with Crippen LogP contribution < -0.4 is 10.6 Å². The van der Waals surface area contributed by atoms with Gasteiger partial charge in [-0.2, -0.15) is 0 Å². The molecule has 0 atom stereocenters. The maximum atomic E-state index is 8.77. The summed E-state index contributed by atoms with van der Waals surface area (Å²) in [6.07, 6.45) is 0. The van der Waals surface area contributed by atoms with Gasteiger partial charge in [-0.1, -0.05) is 29.4 Å². The highest BCUT2D eigenvalue weighted by molar-refractivity contribution is 5.95. The lowest BCUT2D eigenvalue weighted by Gasteiger charge is -2.16. The lowest BCUT2D eigenvalue weighted by Crippen LogP contribution is -2.22. The van der Waals surface area contributed by atoms with E-state index in [1.807, 2.05) is 19.1 Å². The van der Waals surface area contributed by atoms with Crippen molar-refractivity contribution in [3.63, 3.8) is 0 Å². The number of aryl methyl sites for hydroxylation is 1. The van der Waals surface area contributed by atoms with Crippen LogP contribution in [0.15, 0.2) is 35.5 Å². The van der Waals surface area contributed by atoms with Gasteiger partial charge >= 0.3 is 0 Å². The summed E-state index contributed by atoms with van der Waals surface area (Å²) in [7, 11) is 0. The molecule has 2 heterocycles. The summed E-state index contributed by atoms with van der Waals surface area (Å²) < 4.78 is 0. The van der Waals surface area contributed by atoms with Crippen LogP contribution in [0.1, 0.15) is 22.5 Å². The minimum absolute atomic E-state index is 0.00605. The van der Waals surface area contributed by atoms with Gasteiger partial charge in [-0.3, -0.25) is 0 Å². The van der Waals surface area contributed by atoms with E-state index in [1.165, 1.54) is 11.1 Å². The number of rotatable bonds is 2. The molecule has 0 spiro atoms. The molecule has 0 saturated carbocycles. The normalized spacial score (nSPS) is 14.4. The number of nitrogens with two attached hydrogens (primary N) is 1. The third kappa shape index (κ3) is 2.16. The Hall–Kier alpha value is -2.63. The van der Waals surface area contributed by atoms with E-state index in [1.54, 1.807) is 6.07 Å². The molecule has 1 aliphatic rings. The van der Waals surface area contributed by atoms with Gasteiger partial charge < -0.3 is 15.8 Å². The molecule has 0 aliphatic carbocycles. The summed E-state index contributed by atoms with van der Waals surface area (Å²) in [5.74, 6) is 0.594. The molecule has 3 rings (SSSR count). The van der Waals surface area contributed by atoms with Crippen LogP contribution in [0.4, 0.5) is 5.95 Å². The topological polar surface area (TPSA) is 87.6 Å². The van der Waals surface area contributed by atoms with Crippen molar-refractivity contribution in [2.75, 3.05) is 4.90 Å². The molecule has 1 aromatic carbocycles. The van der Waals surface area contributed by atoms with Crippen molar-refractivity contribution in [3.8, 4) is 0 Å². The standard InChI is InChI=1S/C14H15N5O/c1-9-6-12(13(15)18-20)17-14(16-9)19-7-10-4-2-3-5-11(10)8-19/h2-6,20H,7-8H2,1H3,(H2,15,18). The summed E-state index contributed by atoms with van der Waals surface area (Å²) in [5.41, 5.74) is 9.39. The van der Waals surface area contributed by atoms with E-state index in [9.17, 15) is 0 Å². The fraction of sp³-hybridized carbons (Fsp3) is 0.214. The van der Waals surface area contributed by atoms with Crippen molar-refractivity contribution in [2.45, 2.75) is 20.0 Å². The Morgan fingerprint density at radius 2 is 1.90 bits per heavy atom. The average Bonchev–Trinajstić information content (AvgIpc) is 2.89. The second-order valence-electron chi connectivity index (χ2n) is 4.80. The molecule has 0 saturated heterocycles. The Bertz CT molecular complexity index is 658. The number of hydrogen-bond donors (Lipinski definition) is 2. The van der Waals surface area contributed by atoms with E-state index in [0.717, 1.165) is 18.8 Å². The lowest BCUT2D eigenvalue weighted by atomic mass is 10.1. The zero-order valence-corrected chi connectivity index (χ0v) is 11.1. The quantitative estimate of drug-likeness (QED) is 0.372. The van der Waals surface area contributed by atoms with Crippen molar-refractivity contribution < 1.29 is 5.21 Å². The summed E-state index contributed by atoms with van der Waals surface area (Å²) in [4.78, 5) is 10.9. The van der Waals surface area contributed by atoms with Crippen molar-refractivity contribution >= 4 is 11.8 Å². The summed E-state index contributed by atoms with van der Waals surface area (Å²) >= 11 is 0. The van der Waals surface area contributed by atoms with Gasteiger partial charge in [0, 0.05) is 18.8 Å². The molecular weight excluding hydrogens is 254 g/mol. The van der Waals surface area contributed by atoms with Crippen molar-refractivity contribution in [1.29, 1.82) is 0 Å². The molecule has 0 amide bonds. The Labute approximate surface area is 116 Å². The molecule has 2 aromatic rings. The van der Waals surface area contributed by atoms with Gasteiger partial charge in [0.15, 0.2) is 5.84 Å². The Morgan fingerprint density at radius 1 is 1.25 bits per heavy atom. The first-order valence-electron chi connectivity index (χ1n) is 6.32. The predicted octanol–water partition coefficient (Wildman–Crippen LogP) is 1.40. The summed E-state index contributed by atoms with van der Waals surface area (Å²) in [5, 5.41) is 11.8. The van der Waals surface area contributed by atoms with Gasteiger partial charge in [0.1, 0.15) is 5.69 Å². The van der Waals surface area contributed by atoms with Gasteiger partial charge in [0.25, 0.3) is 0 Å². The first-order valence-corrected chi connectivity index (χ1v) is 6.32. The van der Waals surface area contributed by atoms with E-state index in [4.69, 9.17) is 10.9 Å². The fourth-order valence-corrected chi connectivity index (χ4v) is 2.35. The second-order valence-corrected chi connectivity index (χ2v) is 4.80. The highest BCUT2D eigenvalue weighted by atomic mass is 16.4. The van der Waals surface area contributed by atoms with E-state index in [2.05, 4.69) is 32.2 Å². The van der Waals surface area contributed by atoms with Crippen LogP contribution in [0.25, 0.3) is 0 Å². The van der Waals surface area contributed by atoms with E-state index >= 15 is 0 Å². The lowest BCUT2D eigenvalue weighted by molar-refractivity contribution is 0.318. The van der Waals surface area contributed by atoms with Crippen LogP contribution >= 0.6 is 0 Å². The Kier molecular flexibility index (Phi) is 2.98. The van der Waals surface area contributed by atoms with Crippen molar-refractivity contribution in [3.05, 3.63) is 52.8 Å². The Morgan fingerprint density at radius 3 is 2.50 bits per heavy atom. The maximum absolute atomic E-state index is 8.77. The van der Waals surface area contributed by atoms with Crippen LogP contribution in [-0.4, -0.2) is 21.0 Å². The number of aromatic nitrogens is 2. The number of anilines is 1. The number of hydrogen-bond acceptors (Lipinski definition) is 5. The molecule has 1 aliphatic heterocycles. The molecular formula is C14H15N5O. The fourth-order valence-electron chi connectivity index (χ4n) is 2.35. The molecule has 3 N–H and O–H groups in total. The van der Waals surface area contributed by atoms with Gasteiger partial charge in [0.05, 0.1) is 0 Å². The van der Waals surface area contributed by atoms with Gasteiger partial charge in [-0.25, -0.2) is 9.97 Å². The molecule has 0 bridgehead atoms. The number of amidine groups is 1. The van der Waals surface area contributed by atoms with Crippen LogP contribution in [0.3, 0.4) is 0 Å². The number of fused-ring (bicyclic) bond motifs is 1. The van der Waals surface area contributed by atoms with Crippen LogP contribution in [0.5, 0.6) is 0 Å². The molecule has 20 heavy (non-hydrogen) atoms. The maximum Gasteiger partial charge on any atom is 0.226 e. The summed E-state index contributed by atoms with van der Waals surface area (Å²) in [6, 6.07) is 9.97. The smallest absolute Gasteiger partial charge is 0.226 e. The van der Waals surface area contributed by atoms with Crippen molar-refractivity contribution in [2.24, 2.45) is 10.9 Å². The minimum Gasteiger partial charge on any atom is -0.409 e. The largest absolute Gasteiger partial charge is 0.409 e. The van der Waals surface area contributed by atoms with Crippen LogP contribution in [0, 0.1) is 6.92 Å². The zero-order chi connectivity index (χ0) is 14.1. The van der Waals surface area contributed by atoms with Gasteiger partial charge in [0.2, 0.25) is 5.95 Å². The van der Waals surface area contributed by atoms with Gasteiger partial charge in [-0.05, 0) is 24.1 Å². The summed E-state index contributed by atoms with van der Waals surface area (Å²) in [6.45, 7) is 3.41. The van der Waals surface area contributed by atoms with E-state index < -0.39 is 0 Å². The molecule has 102 valence electrons. The first kappa shape index (κ1) is 12.4. The number of nitrogens with zero attached hydrogens (tertiary/aromatic N) is 4. The van der Waals surface area contributed by atoms with Crippen LogP contribution in [-0.2, 0) is 13.1 Å². The molecule has 0 radical (unpaired) electrons. The number of benzene rings is 1. The monoisotopic (exact) mass is 269 g/mol. The molecule has 1 aromatic heterocycles. The highest BCUT2D eigenvalue weighted by Crippen LogP contribution is 2.25. The average molecular weight is 269 g/mol. The minimum atomic E-state index is -0.00605.